The quantitative estimate of drug-likeness (QED) is 0.435. The van der Waals surface area contributed by atoms with E-state index in [1.807, 2.05) is 12.1 Å². The van der Waals surface area contributed by atoms with Crippen LogP contribution in [0.5, 0.6) is 0 Å². The van der Waals surface area contributed by atoms with Gasteiger partial charge in [-0.3, -0.25) is 14.9 Å². The average molecular weight is 460 g/mol. The standard InChI is InChI=1S/C21H15Cl2N3O3S/c22-16-5-3-4-13(19(16)23)10-15-11-24-21(30-15)25-20(28)17-8-7-14(29-17)12-26-9-2-1-6-18(26)27/h1-9,11H,10,12H2,(H,24,25,28). The average Bonchev–Trinajstić information content (AvgIpc) is 3.37. The summed E-state index contributed by atoms with van der Waals surface area (Å²) < 4.78 is 7.08. The lowest BCUT2D eigenvalue weighted by atomic mass is 10.1. The van der Waals surface area contributed by atoms with E-state index in [1.165, 1.54) is 22.0 Å². The smallest absolute Gasteiger partial charge is 0.293 e. The summed E-state index contributed by atoms with van der Waals surface area (Å²) in [5.74, 6) is 0.232. The van der Waals surface area contributed by atoms with Crippen LogP contribution in [0.4, 0.5) is 5.13 Å². The van der Waals surface area contributed by atoms with E-state index in [4.69, 9.17) is 27.6 Å². The fourth-order valence-electron chi connectivity index (χ4n) is 2.82. The van der Waals surface area contributed by atoms with Gasteiger partial charge in [0.15, 0.2) is 10.9 Å². The van der Waals surface area contributed by atoms with Gasteiger partial charge >= 0.3 is 0 Å². The van der Waals surface area contributed by atoms with Crippen molar-refractivity contribution in [2.45, 2.75) is 13.0 Å². The molecule has 0 saturated carbocycles. The molecule has 0 aliphatic heterocycles. The van der Waals surface area contributed by atoms with Crippen LogP contribution in [-0.4, -0.2) is 15.5 Å². The van der Waals surface area contributed by atoms with E-state index in [0.29, 0.717) is 27.4 Å². The summed E-state index contributed by atoms with van der Waals surface area (Å²) in [6.45, 7) is 0.245. The van der Waals surface area contributed by atoms with Crippen molar-refractivity contribution < 1.29 is 9.21 Å². The number of furan rings is 1. The Balaban J connectivity index is 1.41. The first-order valence-electron chi connectivity index (χ1n) is 8.93. The first kappa shape index (κ1) is 20.4. The largest absolute Gasteiger partial charge is 0.454 e. The predicted molar refractivity (Wildman–Crippen MR) is 118 cm³/mol. The second-order valence-electron chi connectivity index (χ2n) is 6.41. The second kappa shape index (κ2) is 8.87. The van der Waals surface area contributed by atoms with Gasteiger partial charge in [-0.1, -0.05) is 41.4 Å². The molecule has 1 amide bonds. The van der Waals surface area contributed by atoms with Crippen molar-refractivity contribution in [3.05, 3.63) is 103 Å². The lowest BCUT2D eigenvalue weighted by Crippen LogP contribution is -2.18. The molecule has 0 spiro atoms. The fourth-order valence-corrected chi connectivity index (χ4v) is 4.04. The maximum absolute atomic E-state index is 12.5. The Morgan fingerprint density at radius 2 is 2.00 bits per heavy atom. The number of hydrogen-bond donors (Lipinski definition) is 1. The van der Waals surface area contributed by atoms with Crippen molar-refractivity contribution in [2.75, 3.05) is 5.32 Å². The minimum Gasteiger partial charge on any atom is -0.454 e. The molecule has 6 nitrogen and oxygen atoms in total. The summed E-state index contributed by atoms with van der Waals surface area (Å²) in [6.07, 6.45) is 3.91. The van der Waals surface area contributed by atoms with Crippen molar-refractivity contribution in [3.8, 4) is 0 Å². The third-order valence-electron chi connectivity index (χ3n) is 4.28. The number of thiazole rings is 1. The van der Waals surface area contributed by atoms with E-state index in [1.54, 1.807) is 42.7 Å². The number of halogens is 2. The molecule has 3 heterocycles. The van der Waals surface area contributed by atoms with Crippen LogP contribution in [0.3, 0.4) is 0 Å². The summed E-state index contributed by atoms with van der Waals surface area (Å²) in [5, 5.41) is 4.19. The van der Waals surface area contributed by atoms with Gasteiger partial charge in [0.1, 0.15) is 5.76 Å². The van der Waals surface area contributed by atoms with Crippen LogP contribution in [0, 0.1) is 0 Å². The van der Waals surface area contributed by atoms with Crippen LogP contribution < -0.4 is 10.9 Å². The van der Waals surface area contributed by atoms with Gasteiger partial charge in [-0.25, -0.2) is 4.98 Å². The highest BCUT2D eigenvalue weighted by Gasteiger charge is 2.15. The van der Waals surface area contributed by atoms with E-state index in [-0.39, 0.29) is 17.9 Å². The third-order valence-corrected chi connectivity index (χ3v) is 6.05. The molecule has 0 aliphatic rings. The summed E-state index contributed by atoms with van der Waals surface area (Å²) in [4.78, 5) is 29.4. The Bertz CT molecular complexity index is 1260. The Labute approximate surface area is 185 Å². The second-order valence-corrected chi connectivity index (χ2v) is 8.31. The summed E-state index contributed by atoms with van der Waals surface area (Å²) >= 11 is 13.6. The van der Waals surface area contributed by atoms with Gasteiger partial charge in [0.2, 0.25) is 0 Å². The minimum absolute atomic E-state index is 0.142. The molecular formula is C21H15Cl2N3O3S. The van der Waals surface area contributed by atoms with E-state index in [0.717, 1.165) is 10.4 Å². The number of amides is 1. The van der Waals surface area contributed by atoms with Crippen molar-refractivity contribution >= 4 is 45.6 Å². The Hall–Kier alpha value is -2.87. The van der Waals surface area contributed by atoms with Gasteiger partial charge in [-0.2, -0.15) is 0 Å². The highest BCUT2D eigenvalue weighted by molar-refractivity contribution is 7.15. The van der Waals surface area contributed by atoms with Crippen LogP contribution >= 0.6 is 34.5 Å². The number of benzene rings is 1. The number of pyridine rings is 1. The van der Waals surface area contributed by atoms with Crippen molar-refractivity contribution in [2.24, 2.45) is 0 Å². The molecule has 1 aromatic carbocycles. The molecule has 0 unspecified atom stereocenters. The summed E-state index contributed by atoms with van der Waals surface area (Å²) in [7, 11) is 0. The Morgan fingerprint density at radius 1 is 1.13 bits per heavy atom. The molecule has 0 radical (unpaired) electrons. The molecule has 0 fully saturated rings. The number of carbonyl (C=O) groups is 1. The zero-order valence-corrected chi connectivity index (χ0v) is 17.8. The maximum Gasteiger partial charge on any atom is 0.293 e. The van der Waals surface area contributed by atoms with Crippen LogP contribution in [0.25, 0.3) is 0 Å². The molecule has 0 saturated heterocycles. The van der Waals surface area contributed by atoms with E-state index in [9.17, 15) is 9.59 Å². The Kier molecular flexibility index (Phi) is 6.03. The molecule has 9 heteroatoms. The molecular weight excluding hydrogens is 445 g/mol. The van der Waals surface area contributed by atoms with E-state index in [2.05, 4.69) is 10.3 Å². The molecule has 0 aliphatic carbocycles. The lowest BCUT2D eigenvalue weighted by Gasteiger charge is -2.03. The van der Waals surface area contributed by atoms with Gasteiger partial charge < -0.3 is 8.98 Å². The van der Waals surface area contributed by atoms with Gasteiger partial charge in [0, 0.05) is 29.8 Å². The van der Waals surface area contributed by atoms with Crippen LogP contribution in [0.1, 0.15) is 26.8 Å². The zero-order chi connectivity index (χ0) is 21.1. The Morgan fingerprint density at radius 3 is 2.83 bits per heavy atom. The maximum atomic E-state index is 12.5. The van der Waals surface area contributed by atoms with Crippen molar-refractivity contribution in [1.82, 2.24) is 9.55 Å². The fraction of sp³-hybridized carbons (Fsp3) is 0.0952. The van der Waals surface area contributed by atoms with Crippen LogP contribution in [-0.2, 0) is 13.0 Å². The lowest BCUT2D eigenvalue weighted by molar-refractivity contribution is 0.0994. The molecule has 4 aromatic rings. The first-order chi connectivity index (χ1) is 14.5. The topological polar surface area (TPSA) is 77.1 Å². The highest BCUT2D eigenvalue weighted by Crippen LogP contribution is 2.29. The number of hydrogen-bond acceptors (Lipinski definition) is 5. The number of carbonyl (C=O) groups excluding carboxylic acids is 1. The van der Waals surface area contributed by atoms with Gasteiger partial charge in [0.25, 0.3) is 11.5 Å². The highest BCUT2D eigenvalue weighted by atomic mass is 35.5. The van der Waals surface area contributed by atoms with Gasteiger partial charge in [-0.05, 0) is 29.8 Å². The number of nitrogens with zero attached hydrogens (tertiary/aromatic N) is 2. The monoisotopic (exact) mass is 459 g/mol. The number of rotatable bonds is 6. The zero-order valence-electron chi connectivity index (χ0n) is 15.5. The van der Waals surface area contributed by atoms with Gasteiger partial charge in [-0.15, -0.1) is 11.3 Å². The molecule has 3 aromatic heterocycles. The minimum atomic E-state index is -0.414. The van der Waals surface area contributed by atoms with Crippen molar-refractivity contribution in [1.29, 1.82) is 0 Å². The predicted octanol–water partition coefficient (Wildman–Crippen LogP) is 5.10. The molecule has 0 atom stereocenters. The third kappa shape index (κ3) is 4.64. The van der Waals surface area contributed by atoms with Gasteiger partial charge in [0.05, 0.1) is 16.6 Å². The number of anilines is 1. The van der Waals surface area contributed by atoms with Crippen LogP contribution in [0.2, 0.25) is 10.0 Å². The SMILES string of the molecule is O=C(Nc1ncc(Cc2cccc(Cl)c2Cl)s1)c1ccc(Cn2ccccc2=O)o1. The molecule has 0 bridgehead atoms. The molecule has 1 N–H and O–H groups in total. The summed E-state index contributed by atoms with van der Waals surface area (Å²) in [5.41, 5.74) is 0.743. The normalized spacial score (nSPS) is 10.9. The molecule has 4 rings (SSSR count). The number of aromatic nitrogens is 2. The molecule has 30 heavy (non-hydrogen) atoms. The first-order valence-corrected chi connectivity index (χ1v) is 10.5. The number of nitrogens with one attached hydrogen (secondary N) is 1. The van der Waals surface area contributed by atoms with Crippen molar-refractivity contribution in [3.63, 3.8) is 0 Å². The van der Waals surface area contributed by atoms with Crippen LogP contribution in [0.15, 0.2) is 70.1 Å². The molecule has 152 valence electrons. The van der Waals surface area contributed by atoms with E-state index < -0.39 is 5.91 Å². The van der Waals surface area contributed by atoms with E-state index >= 15 is 0 Å². The summed E-state index contributed by atoms with van der Waals surface area (Å²) in [6, 6.07) is 13.6.